The molecule has 0 saturated heterocycles. The van der Waals surface area contributed by atoms with Crippen molar-refractivity contribution in [2.45, 2.75) is 26.3 Å². The Morgan fingerprint density at radius 2 is 1.89 bits per heavy atom. The van der Waals surface area contributed by atoms with Crippen LogP contribution in [0.25, 0.3) is 0 Å². The van der Waals surface area contributed by atoms with E-state index in [1.165, 1.54) is 10.1 Å². The van der Waals surface area contributed by atoms with E-state index in [0.717, 1.165) is 18.5 Å². The average Bonchev–Trinajstić information content (AvgIpc) is 2.38. The third-order valence-electron chi connectivity index (χ3n) is 3.03. The summed E-state index contributed by atoms with van der Waals surface area (Å²) in [5.41, 5.74) is 7.42. The van der Waals surface area contributed by atoms with E-state index in [0.29, 0.717) is 12.1 Å². The van der Waals surface area contributed by atoms with Crippen LogP contribution in [0.15, 0.2) is 40.1 Å². The fourth-order valence-corrected chi connectivity index (χ4v) is 1.92. The summed E-state index contributed by atoms with van der Waals surface area (Å²) in [6, 6.07) is 7.70. The van der Waals surface area contributed by atoms with Gasteiger partial charge in [0.15, 0.2) is 0 Å². The van der Waals surface area contributed by atoms with Gasteiger partial charge in [-0.3, -0.25) is 9.78 Å². The number of hydrogen-bond acceptors (Lipinski definition) is 3. The first-order valence-electron chi connectivity index (χ1n) is 6.21. The van der Waals surface area contributed by atoms with Crippen LogP contribution in [0.5, 0.6) is 0 Å². The Balaban J connectivity index is 2.00. The first kappa shape index (κ1) is 13.1. The number of nitrogens with two attached hydrogens (primary N) is 1. The summed E-state index contributed by atoms with van der Waals surface area (Å²) in [6.45, 7) is 2.27. The zero-order valence-electron chi connectivity index (χ0n) is 10.8. The lowest BCUT2D eigenvalue weighted by molar-refractivity contribution is 0.601. The standard InChI is InChI=1S/C14H17N3O2/c1-10-9-17(14(19)16-13(10)18)8-2-3-11-4-6-12(15)7-5-11/h4-7,9H,2-3,8,15H2,1H3,(H,16,18,19). The molecule has 0 aliphatic heterocycles. The molecule has 0 saturated carbocycles. The molecule has 2 aromatic rings. The number of rotatable bonds is 4. The largest absolute Gasteiger partial charge is 0.399 e. The second kappa shape index (κ2) is 5.56. The van der Waals surface area contributed by atoms with E-state index < -0.39 is 0 Å². The molecular formula is C14H17N3O2. The molecule has 5 heteroatoms. The number of nitrogen functional groups attached to an aromatic ring is 1. The molecule has 0 atom stereocenters. The zero-order chi connectivity index (χ0) is 13.8. The molecule has 0 aliphatic carbocycles. The van der Waals surface area contributed by atoms with Crippen molar-refractivity contribution in [2.24, 2.45) is 0 Å². The summed E-state index contributed by atoms with van der Waals surface area (Å²) < 4.78 is 1.54. The smallest absolute Gasteiger partial charge is 0.328 e. The van der Waals surface area contributed by atoms with Crippen LogP contribution in [0.2, 0.25) is 0 Å². The Bertz CT molecular complexity index is 668. The van der Waals surface area contributed by atoms with Gasteiger partial charge in [-0.25, -0.2) is 4.79 Å². The molecule has 1 heterocycles. The summed E-state index contributed by atoms with van der Waals surface area (Å²) >= 11 is 0. The van der Waals surface area contributed by atoms with Crippen LogP contribution in [0.3, 0.4) is 0 Å². The van der Waals surface area contributed by atoms with Crippen molar-refractivity contribution >= 4 is 5.69 Å². The van der Waals surface area contributed by atoms with Gasteiger partial charge in [-0.05, 0) is 37.5 Å². The molecule has 5 nitrogen and oxygen atoms in total. The van der Waals surface area contributed by atoms with Gasteiger partial charge in [0.25, 0.3) is 5.56 Å². The minimum atomic E-state index is -0.354. The van der Waals surface area contributed by atoms with Crippen LogP contribution in [0.1, 0.15) is 17.5 Å². The van der Waals surface area contributed by atoms with Crippen LogP contribution in [-0.4, -0.2) is 9.55 Å². The molecule has 0 amide bonds. The molecule has 0 unspecified atom stereocenters. The number of benzene rings is 1. The number of anilines is 1. The SMILES string of the molecule is Cc1cn(CCCc2ccc(N)cc2)c(=O)[nH]c1=O. The van der Waals surface area contributed by atoms with Crippen LogP contribution in [0, 0.1) is 6.92 Å². The molecule has 100 valence electrons. The van der Waals surface area contributed by atoms with Crippen molar-refractivity contribution in [1.82, 2.24) is 9.55 Å². The van der Waals surface area contributed by atoms with E-state index in [1.54, 1.807) is 13.1 Å². The Kier molecular flexibility index (Phi) is 3.85. The van der Waals surface area contributed by atoms with E-state index in [2.05, 4.69) is 4.98 Å². The number of nitrogens with zero attached hydrogens (tertiary/aromatic N) is 1. The summed E-state index contributed by atoms with van der Waals surface area (Å²) in [4.78, 5) is 25.1. The maximum absolute atomic E-state index is 11.6. The Labute approximate surface area is 110 Å². The van der Waals surface area contributed by atoms with Crippen LogP contribution in [0.4, 0.5) is 5.69 Å². The Morgan fingerprint density at radius 3 is 2.58 bits per heavy atom. The predicted octanol–water partition coefficient (Wildman–Crippen LogP) is 1.06. The number of aromatic amines is 1. The molecule has 0 aliphatic rings. The quantitative estimate of drug-likeness (QED) is 0.806. The Morgan fingerprint density at radius 1 is 1.21 bits per heavy atom. The highest BCUT2D eigenvalue weighted by molar-refractivity contribution is 5.39. The van der Waals surface area contributed by atoms with Crippen LogP contribution >= 0.6 is 0 Å². The van der Waals surface area contributed by atoms with Gasteiger partial charge in [0.1, 0.15) is 0 Å². The molecule has 0 bridgehead atoms. The lowest BCUT2D eigenvalue weighted by atomic mass is 10.1. The topological polar surface area (TPSA) is 80.9 Å². The number of H-pyrrole nitrogens is 1. The molecule has 2 rings (SSSR count). The molecule has 3 N–H and O–H groups in total. The zero-order valence-corrected chi connectivity index (χ0v) is 10.8. The van der Waals surface area contributed by atoms with Gasteiger partial charge < -0.3 is 10.3 Å². The van der Waals surface area contributed by atoms with Crippen molar-refractivity contribution in [3.63, 3.8) is 0 Å². The third-order valence-corrected chi connectivity index (χ3v) is 3.03. The predicted molar refractivity (Wildman–Crippen MR) is 75.2 cm³/mol. The van der Waals surface area contributed by atoms with Crippen LogP contribution < -0.4 is 17.0 Å². The normalized spacial score (nSPS) is 10.6. The first-order valence-corrected chi connectivity index (χ1v) is 6.21. The second-order valence-electron chi connectivity index (χ2n) is 4.61. The minimum absolute atomic E-state index is 0.320. The summed E-state index contributed by atoms with van der Waals surface area (Å²) in [6.07, 6.45) is 3.30. The highest BCUT2D eigenvalue weighted by atomic mass is 16.2. The molecular weight excluding hydrogens is 242 g/mol. The van der Waals surface area contributed by atoms with Crippen molar-refractivity contribution < 1.29 is 0 Å². The van der Waals surface area contributed by atoms with Gasteiger partial charge in [0, 0.05) is 24.0 Å². The van der Waals surface area contributed by atoms with Gasteiger partial charge >= 0.3 is 5.69 Å². The summed E-state index contributed by atoms with van der Waals surface area (Å²) in [7, 11) is 0. The minimum Gasteiger partial charge on any atom is -0.399 e. The lowest BCUT2D eigenvalue weighted by Crippen LogP contribution is -2.30. The van der Waals surface area contributed by atoms with Crippen molar-refractivity contribution in [2.75, 3.05) is 5.73 Å². The van der Waals surface area contributed by atoms with E-state index >= 15 is 0 Å². The molecule has 1 aromatic heterocycles. The highest BCUT2D eigenvalue weighted by Gasteiger charge is 2.01. The van der Waals surface area contributed by atoms with Crippen molar-refractivity contribution in [3.05, 3.63) is 62.4 Å². The van der Waals surface area contributed by atoms with Crippen molar-refractivity contribution in [1.29, 1.82) is 0 Å². The monoisotopic (exact) mass is 259 g/mol. The lowest BCUT2D eigenvalue weighted by Gasteiger charge is -2.06. The van der Waals surface area contributed by atoms with Crippen LogP contribution in [-0.2, 0) is 13.0 Å². The fourth-order valence-electron chi connectivity index (χ4n) is 1.92. The summed E-state index contributed by atoms with van der Waals surface area (Å²) in [5, 5.41) is 0. The number of aryl methyl sites for hydroxylation is 3. The van der Waals surface area contributed by atoms with E-state index in [1.807, 2.05) is 24.3 Å². The molecule has 0 spiro atoms. The summed E-state index contributed by atoms with van der Waals surface area (Å²) in [5.74, 6) is 0. The van der Waals surface area contributed by atoms with E-state index in [4.69, 9.17) is 5.73 Å². The van der Waals surface area contributed by atoms with Gasteiger partial charge in [0.05, 0.1) is 0 Å². The van der Waals surface area contributed by atoms with Gasteiger partial charge in [0.2, 0.25) is 0 Å². The first-order chi connectivity index (χ1) is 9.06. The molecule has 1 aromatic carbocycles. The van der Waals surface area contributed by atoms with Gasteiger partial charge in [-0.2, -0.15) is 0 Å². The highest BCUT2D eigenvalue weighted by Crippen LogP contribution is 2.07. The van der Waals surface area contributed by atoms with Gasteiger partial charge in [-0.15, -0.1) is 0 Å². The second-order valence-corrected chi connectivity index (χ2v) is 4.61. The third kappa shape index (κ3) is 3.34. The van der Waals surface area contributed by atoms with E-state index in [9.17, 15) is 9.59 Å². The van der Waals surface area contributed by atoms with E-state index in [-0.39, 0.29) is 11.2 Å². The Hall–Kier alpha value is -2.30. The number of nitrogens with one attached hydrogen (secondary N) is 1. The maximum Gasteiger partial charge on any atom is 0.328 e. The molecule has 0 radical (unpaired) electrons. The molecule has 0 fully saturated rings. The fraction of sp³-hybridized carbons (Fsp3) is 0.286. The van der Waals surface area contributed by atoms with Crippen molar-refractivity contribution in [3.8, 4) is 0 Å². The maximum atomic E-state index is 11.6. The number of hydrogen-bond donors (Lipinski definition) is 2. The van der Waals surface area contributed by atoms with Gasteiger partial charge in [-0.1, -0.05) is 12.1 Å². The molecule has 19 heavy (non-hydrogen) atoms. The number of aromatic nitrogens is 2. The average molecular weight is 259 g/mol.